The third kappa shape index (κ3) is 5.26. The highest BCUT2D eigenvalue weighted by Gasteiger charge is 2.25. The van der Waals surface area contributed by atoms with Crippen LogP contribution in [0.5, 0.6) is 11.5 Å². The fourth-order valence-electron chi connectivity index (χ4n) is 2.18. The van der Waals surface area contributed by atoms with Gasteiger partial charge in [0.25, 0.3) is 0 Å². The Kier molecular flexibility index (Phi) is 6.94. The average molecular weight is 433 g/mol. The van der Waals surface area contributed by atoms with Gasteiger partial charge in [-0.2, -0.15) is 4.72 Å². The summed E-state index contributed by atoms with van der Waals surface area (Å²) in [4.78, 5) is 12.2. The SMILES string of the molecule is COc1ccc(NC(=O)[C@H](C)NS(=O)(=O)c2cc(Cl)ccc2Cl)c(OC)c1. The number of halogens is 2. The number of sulfonamides is 1. The van der Waals surface area contributed by atoms with Gasteiger partial charge in [-0.3, -0.25) is 4.79 Å². The Labute approximate surface area is 167 Å². The molecule has 0 radical (unpaired) electrons. The first-order valence-electron chi connectivity index (χ1n) is 7.68. The average Bonchev–Trinajstić information content (AvgIpc) is 2.63. The van der Waals surface area contributed by atoms with Crippen LogP contribution in [0.4, 0.5) is 5.69 Å². The van der Waals surface area contributed by atoms with Crippen molar-refractivity contribution in [3.05, 3.63) is 46.4 Å². The van der Waals surface area contributed by atoms with Gasteiger partial charge in [0, 0.05) is 11.1 Å². The van der Waals surface area contributed by atoms with E-state index < -0.39 is 22.0 Å². The molecule has 1 atom stereocenters. The molecule has 0 saturated carbocycles. The predicted octanol–water partition coefficient (Wildman–Crippen LogP) is 3.32. The van der Waals surface area contributed by atoms with Gasteiger partial charge in [0.15, 0.2) is 0 Å². The predicted molar refractivity (Wildman–Crippen MR) is 104 cm³/mol. The van der Waals surface area contributed by atoms with Crippen molar-refractivity contribution in [1.82, 2.24) is 4.72 Å². The molecule has 0 bridgehead atoms. The summed E-state index contributed by atoms with van der Waals surface area (Å²) in [5.41, 5.74) is 0.370. The van der Waals surface area contributed by atoms with Gasteiger partial charge in [0.1, 0.15) is 16.4 Å². The van der Waals surface area contributed by atoms with E-state index in [0.29, 0.717) is 17.2 Å². The van der Waals surface area contributed by atoms with Crippen LogP contribution in [0.15, 0.2) is 41.3 Å². The maximum absolute atomic E-state index is 12.5. The minimum absolute atomic E-state index is 0.00340. The lowest BCUT2D eigenvalue weighted by Gasteiger charge is -2.17. The van der Waals surface area contributed by atoms with E-state index in [9.17, 15) is 13.2 Å². The minimum atomic E-state index is -4.05. The maximum Gasteiger partial charge on any atom is 0.242 e. The van der Waals surface area contributed by atoms with Crippen LogP contribution in [0.1, 0.15) is 6.92 Å². The highest BCUT2D eigenvalue weighted by atomic mass is 35.5. The molecule has 0 aromatic heterocycles. The van der Waals surface area contributed by atoms with E-state index in [1.807, 2.05) is 0 Å². The molecular formula is C17H18Cl2N2O5S. The lowest BCUT2D eigenvalue weighted by molar-refractivity contribution is -0.117. The molecule has 0 saturated heterocycles. The smallest absolute Gasteiger partial charge is 0.242 e. The molecule has 0 heterocycles. The number of nitrogens with one attached hydrogen (secondary N) is 2. The zero-order chi connectivity index (χ0) is 20.2. The topological polar surface area (TPSA) is 93.7 Å². The minimum Gasteiger partial charge on any atom is -0.497 e. The van der Waals surface area contributed by atoms with Crippen molar-refractivity contribution in [2.45, 2.75) is 17.9 Å². The van der Waals surface area contributed by atoms with Crippen molar-refractivity contribution in [3.63, 3.8) is 0 Å². The summed E-state index contributed by atoms with van der Waals surface area (Å²) in [5, 5.41) is 2.81. The van der Waals surface area contributed by atoms with E-state index in [4.69, 9.17) is 32.7 Å². The molecule has 27 heavy (non-hydrogen) atoms. The highest BCUT2D eigenvalue weighted by Crippen LogP contribution is 2.29. The summed E-state index contributed by atoms with van der Waals surface area (Å²) in [6.45, 7) is 1.40. The molecule has 2 N–H and O–H groups in total. The van der Waals surface area contributed by atoms with Gasteiger partial charge < -0.3 is 14.8 Å². The molecular weight excluding hydrogens is 415 g/mol. The Bertz CT molecular complexity index is 950. The Morgan fingerprint density at radius 1 is 1.07 bits per heavy atom. The second-order valence-corrected chi connectivity index (χ2v) is 8.00. The second kappa shape index (κ2) is 8.79. The molecule has 2 aromatic rings. The van der Waals surface area contributed by atoms with Gasteiger partial charge in [-0.05, 0) is 37.3 Å². The summed E-state index contributed by atoms with van der Waals surface area (Å²) in [6, 6.07) is 7.78. The largest absolute Gasteiger partial charge is 0.497 e. The van der Waals surface area contributed by atoms with E-state index in [2.05, 4.69) is 10.0 Å². The summed E-state index contributed by atoms with van der Waals surface area (Å²) in [5.74, 6) is 0.338. The van der Waals surface area contributed by atoms with Crippen LogP contribution >= 0.6 is 23.2 Å². The Morgan fingerprint density at radius 2 is 1.78 bits per heavy atom. The van der Waals surface area contributed by atoms with Crippen LogP contribution in [0, 0.1) is 0 Å². The van der Waals surface area contributed by atoms with Gasteiger partial charge in [-0.1, -0.05) is 23.2 Å². The molecule has 0 aliphatic carbocycles. The van der Waals surface area contributed by atoms with Crippen LogP contribution in [0.3, 0.4) is 0 Å². The van der Waals surface area contributed by atoms with Crippen molar-refractivity contribution in [2.24, 2.45) is 0 Å². The van der Waals surface area contributed by atoms with Crippen LogP contribution in [0.25, 0.3) is 0 Å². The number of benzene rings is 2. The third-order valence-electron chi connectivity index (χ3n) is 3.57. The molecule has 0 fully saturated rings. The Morgan fingerprint density at radius 3 is 2.41 bits per heavy atom. The first-order valence-corrected chi connectivity index (χ1v) is 9.92. The standard InChI is InChI=1S/C17H18Cl2N2O5S/c1-10(21-27(23,24)16-8-11(18)4-6-13(16)19)17(22)20-14-7-5-12(25-2)9-15(14)26-3/h4-10,21H,1-3H3,(H,20,22)/t10-/m0/s1. The monoisotopic (exact) mass is 432 g/mol. The summed E-state index contributed by atoms with van der Waals surface area (Å²) < 4.78 is 37.6. The molecule has 2 aromatic carbocycles. The molecule has 0 aliphatic heterocycles. The van der Waals surface area contributed by atoms with Crippen molar-refractivity contribution in [3.8, 4) is 11.5 Å². The Hall–Kier alpha value is -2.00. The normalized spacial score (nSPS) is 12.3. The molecule has 0 spiro atoms. The third-order valence-corrected chi connectivity index (χ3v) is 5.83. The van der Waals surface area contributed by atoms with Crippen molar-refractivity contribution in [2.75, 3.05) is 19.5 Å². The number of methoxy groups -OCH3 is 2. The molecule has 2 rings (SSSR count). The van der Waals surface area contributed by atoms with Crippen molar-refractivity contribution < 1.29 is 22.7 Å². The van der Waals surface area contributed by atoms with E-state index in [-0.39, 0.29) is 14.9 Å². The molecule has 0 aliphatic rings. The number of amides is 1. The lowest BCUT2D eigenvalue weighted by Crippen LogP contribution is -2.41. The van der Waals surface area contributed by atoms with Crippen molar-refractivity contribution in [1.29, 1.82) is 0 Å². The number of carbonyl (C=O) groups is 1. The molecule has 0 unspecified atom stereocenters. The first kappa shape index (κ1) is 21.3. The Balaban J connectivity index is 2.17. The zero-order valence-electron chi connectivity index (χ0n) is 14.7. The van der Waals surface area contributed by atoms with E-state index >= 15 is 0 Å². The van der Waals surface area contributed by atoms with Gasteiger partial charge in [-0.15, -0.1) is 0 Å². The van der Waals surface area contributed by atoms with Gasteiger partial charge in [0.05, 0.1) is 31.0 Å². The fraction of sp³-hybridized carbons (Fsp3) is 0.235. The van der Waals surface area contributed by atoms with E-state index in [0.717, 1.165) is 0 Å². The van der Waals surface area contributed by atoms with Gasteiger partial charge in [0.2, 0.25) is 15.9 Å². The van der Waals surface area contributed by atoms with Crippen LogP contribution < -0.4 is 19.5 Å². The van der Waals surface area contributed by atoms with E-state index in [1.54, 1.807) is 18.2 Å². The number of anilines is 1. The number of hydrogen-bond donors (Lipinski definition) is 2. The number of ether oxygens (including phenoxy) is 2. The second-order valence-electron chi connectivity index (χ2n) is 5.47. The molecule has 1 amide bonds. The van der Waals surface area contributed by atoms with Crippen LogP contribution in [-0.2, 0) is 14.8 Å². The fourth-order valence-corrected chi connectivity index (χ4v) is 4.14. The van der Waals surface area contributed by atoms with Gasteiger partial charge >= 0.3 is 0 Å². The van der Waals surface area contributed by atoms with Gasteiger partial charge in [-0.25, -0.2) is 8.42 Å². The van der Waals surface area contributed by atoms with E-state index in [1.165, 1.54) is 39.3 Å². The van der Waals surface area contributed by atoms with Crippen LogP contribution in [0.2, 0.25) is 10.0 Å². The summed E-state index contributed by atoms with van der Waals surface area (Å²) in [6.07, 6.45) is 0. The van der Waals surface area contributed by atoms with Crippen molar-refractivity contribution >= 4 is 44.8 Å². The number of rotatable bonds is 7. The quantitative estimate of drug-likeness (QED) is 0.699. The first-order chi connectivity index (χ1) is 12.7. The zero-order valence-corrected chi connectivity index (χ0v) is 17.1. The summed E-state index contributed by atoms with van der Waals surface area (Å²) >= 11 is 11.8. The van der Waals surface area contributed by atoms with Crippen LogP contribution in [-0.4, -0.2) is 34.6 Å². The lowest BCUT2D eigenvalue weighted by atomic mass is 10.2. The number of hydrogen-bond acceptors (Lipinski definition) is 5. The summed E-state index contributed by atoms with van der Waals surface area (Å²) in [7, 11) is -1.11. The number of carbonyl (C=O) groups excluding carboxylic acids is 1. The maximum atomic E-state index is 12.5. The highest BCUT2D eigenvalue weighted by molar-refractivity contribution is 7.89. The molecule has 10 heteroatoms. The molecule has 146 valence electrons. The molecule has 7 nitrogen and oxygen atoms in total.